The molecular weight excluding hydrogens is 428 g/mol. The molecule has 0 saturated heterocycles. The fourth-order valence-corrected chi connectivity index (χ4v) is 3.24. The van der Waals surface area contributed by atoms with Crippen molar-refractivity contribution in [2.45, 2.75) is 71.7 Å². The molecule has 0 radical (unpaired) electrons. The van der Waals surface area contributed by atoms with Gasteiger partial charge in [-0.2, -0.15) is 17.9 Å². The van der Waals surface area contributed by atoms with Crippen molar-refractivity contribution in [3.63, 3.8) is 0 Å². The van der Waals surface area contributed by atoms with Crippen molar-refractivity contribution in [3.05, 3.63) is 35.4 Å². The lowest BCUT2D eigenvalue weighted by atomic mass is 9.97. The van der Waals surface area contributed by atoms with Gasteiger partial charge in [0.2, 0.25) is 11.8 Å². The van der Waals surface area contributed by atoms with E-state index in [4.69, 9.17) is 4.74 Å². The van der Waals surface area contributed by atoms with Crippen LogP contribution in [0, 0.1) is 18.3 Å². The molecule has 0 heterocycles. The number of amides is 3. The Morgan fingerprint density at radius 3 is 2.22 bits per heavy atom. The van der Waals surface area contributed by atoms with Crippen molar-refractivity contribution in [2.24, 2.45) is 0 Å². The molecule has 0 fully saturated rings. The molecule has 1 aromatic carbocycles. The zero-order chi connectivity index (χ0) is 24.7. The molecule has 0 aliphatic rings. The Morgan fingerprint density at radius 2 is 1.75 bits per heavy atom. The molecule has 0 saturated carbocycles. The van der Waals surface area contributed by atoms with Crippen molar-refractivity contribution >= 4 is 30.5 Å². The number of ether oxygens (including phenoxy) is 1. The minimum atomic E-state index is -1.09. The molecule has 9 heteroatoms. The smallest absolute Gasteiger partial charge is 0.408 e. The molecule has 0 bridgehead atoms. The largest absolute Gasteiger partial charge is 0.444 e. The van der Waals surface area contributed by atoms with Gasteiger partial charge < -0.3 is 20.3 Å². The van der Waals surface area contributed by atoms with Gasteiger partial charge in [0.1, 0.15) is 24.2 Å². The van der Waals surface area contributed by atoms with E-state index in [1.807, 2.05) is 45.9 Å². The SMILES string of the molecule is Cc1ccccc1C(C(=O)NC(C)(C)C)N(CC#N)C(=O)C(CS)NC(=O)OC(C)(C)C. The molecule has 2 N–H and O–H groups in total. The predicted molar refractivity (Wildman–Crippen MR) is 126 cm³/mol. The standard InChI is InChI=1S/C23H34N4O4S/c1-15-10-8-9-11-16(15)18(19(28)26-22(2,3)4)27(13-12-24)20(29)17(14-32)25-21(30)31-23(5,6)7/h8-11,17-18,32H,13-14H2,1-7H3,(H,25,30)(H,26,28). The maximum absolute atomic E-state index is 13.4. The fourth-order valence-electron chi connectivity index (χ4n) is 2.99. The minimum Gasteiger partial charge on any atom is -0.444 e. The third kappa shape index (κ3) is 8.42. The summed E-state index contributed by atoms with van der Waals surface area (Å²) < 4.78 is 5.24. The predicted octanol–water partition coefficient (Wildman–Crippen LogP) is 3.13. The van der Waals surface area contributed by atoms with Gasteiger partial charge in [-0.1, -0.05) is 24.3 Å². The Balaban J connectivity index is 3.39. The fraction of sp³-hybridized carbons (Fsp3) is 0.565. The van der Waals surface area contributed by atoms with Crippen LogP contribution in [0.5, 0.6) is 0 Å². The van der Waals surface area contributed by atoms with E-state index in [1.54, 1.807) is 32.9 Å². The van der Waals surface area contributed by atoms with E-state index >= 15 is 0 Å². The molecule has 2 unspecified atom stereocenters. The van der Waals surface area contributed by atoms with Crippen molar-refractivity contribution in [2.75, 3.05) is 12.3 Å². The number of carbonyl (C=O) groups is 3. The van der Waals surface area contributed by atoms with E-state index in [2.05, 4.69) is 23.3 Å². The molecule has 32 heavy (non-hydrogen) atoms. The number of thiol groups is 1. The summed E-state index contributed by atoms with van der Waals surface area (Å²) in [4.78, 5) is 40.2. The van der Waals surface area contributed by atoms with Gasteiger partial charge in [-0.3, -0.25) is 9.59 Å². The maximum Gasteiger partial charge on any atom is 0.408 e. The van der Waals surface area contributed by atoms with Crippen LogP contribution in [0.15, 0.2) is 24.3 Å². The molecule has 0 spiro atoms. The second-order valence-corrected chi connectivity index (χ2v) is 9.87. The van der Waals surface area contributed by atoms with Gasteiger partial charge in [0.25, 0.3) is 0 Å². The second-order valence-electron chi connectivity index (χ2n) is 9.50. The van der Waals surface area contributed by atoms with Gasteiger partial charge in [0, 0.05) is 11.3 Å². The highest BCUT2D eigenvalue weighted by Gasteiger charge is 2.37. The summed E-state index contributed by atoms with van der Waals surface area (Å²) >= 11 is 4.20. The van der Waals surface area contributed by atoms with Crippen molar-refractivity contribution in [1.29, 1.82) is 5.26 Å². The molecule has 0 aliphatic heterocycles. The first kappa shape index (κ1) is 27.3. The van der Waals surface area contributed by atoms with Gasteiger partial charge >= 0.3 is 6.09 Å². The van der Waals surface area contributed by atoms with Crippen LogP contribution < -0.4 is 10.6 Å². The lowest BCUT2D eigenvalue weighted by Gasteiger charge is -2.35. The number of carbonyl (C=O) groups excluding carboxylic acids is 3. The third-order valence-corrected chi connectivity index (χ3v) is 4.60. The summed E-state index contributed by atoms with van der Waals surface area (Å²) in [6.45, 7) is 12.1. The summed E-state index contributed by atoms with van der Waals surface area (Å²) in [6.07, 6.45) is -0.784. The molecule has 0 aliphatic carbocycles. The van der Waals surface area contributed by atoms with Gasteiger partial charge in [-0.15, -0.1) is 0 Å². The number of hydrogen-bond donors (Lipinski definition) is 3. The molecule has 3 amide bonds. The number of alkyl carbamates (subject to hydrolysis) is 1. The van der Waals surface area contributed by atoms with Crippen LogP contribution in [0.3, 0.4) is 0 Å². The first-order chi connectivity index (χ1) is 14.7. The monoisotopic (exact) mass is 462 g/mol. The number of nitrogens with one attached hydrogen (secondary N) is 2. The van der Waals surface area contributed by atoms with Crippen LogP contribution in [-0.2, 0) is 14.3 Å². The Labute approximate surface area is 196 Å². The zero-order valence-corrected chi connectivity index (χ0v) is 20.7. The summed E-state index contributed by atoms with van der Waals surface area (Å²) in [5.41, 5.74) is 0.0708. The van der Waals surface area contributed by atoms with E-state index in [9.17, 15) is 19.6 Å². The van der Waals surface area contributed by atoms with E-state index in [-0.39, 0.29) is 12.3 Å². The Bertz CT molecular complexity index is 868. The summed E-state index contributed by atoms with van der Waals surface area (Å²) in [5.74, 6) is -1.07. The molecule has 0 aromatic heterocycles. The molecule has 1 aromatic rings. The first-order valence-electron chi connectivity index (χ1n) is 10.4. The highest BCUT2D eigenvalue weighted by atomic mass is 32.1. The average Bonchev–Trinajstić information content (AvgIpc) is 2.63. The molecule has 8 nitrogen and oxygen atoms in total. The minimum absolute atomic E-state index is 0.0403. The summed E-state index contributed by atoms with van der Waals surface area (Å²) in [6, 6.07) is 6.98. The number of aryl methyl sites for hydroxylation is 1. The third-order valence-electron chi connectivity index (χ3n) is 4.24. The molecular formula is C23H34N4O4S. The number of rotatable bonds is 7. The molecule has 1 rings (SSSR count). The summed E-state index contributed by atoms with van der Waals surface area (Å²) in [7, 11) is 0. The van der Waals surface area contributed by atoms with E-state index < -0.39 is 41.1 Å². The quantitative estimate of drug-likeness (QED) is 0.426. The maximum atomic E-state index is 13.4. The first-order valence-corrected chi connectivity index (χ1v) is 11.0. The van der Waals surface area contributed by atoms with Crippen LogP contribution >= 0.6 is 12.6 Å². The van der Waals surface area contributed by atoms with Gasteiger partial charge in [0.15, 0.2) is 0 Å². The highest BCUT2D eigenvalue weighted by Crippen LogP contribution is 2.26. The molecule has 2 atom stereocenters. The normalized spacial score (nSPS) is 13.3. The van der Waals surface area contributed by atoms with E-state index in [0.717, 1.165) is 5.56 Å². The van der Waals surface area contributed by atoms with Gasteiger partial charge in [-0.05, 0) is 59.6 Å². The lowest BCUT2D eigenvalue weighted by Crippen LogP contribution is -2.55. The Kier molecular flexibility index (Phi) is 9.58. The van der Waals surface area contributed by atoms with Crippen LogP contribution in [-0.4, -0.2) is 52.3 Å². The average molecular weight is 463 g/mol. The lowest BCUT2D eigenvalue weighted by molar-refractivity contribution is -0.142. The van der Waals surface area contributed by atoms with Crippen molar-refractivity contribution in [3.8, 4) is 6.07 Å². The van der Waals surface area contributed by atoms with E-state index in [1.165, 1.54) is 4.90 Å². The highest BCUT2D eigenvalue weighted by molar-refractivity contribution is 7.80. The van der Waals surface area contributed by atoms with Crippen LogP contribution in [0.1, 0.15) is 58.7 Å². The van der Waals surface area contributed by atoms with Crippen LogP contribution in [0.4, 0.5) is 4.79 Å². The van der Waals surface area contributed by atoms with Crippen molar-refractivity contribution < 1.29 is 19.1 Å². The molecule has 176 valence electrons. The number of benzene rings is 1. The number of nitriles is 1. The van der Waals surface area contributed by atoms with Crippen LogP contribution in [0.2, 0.25) is 0 Å². The van der Waals surface area contributed by atoms with Gasteiger partial charge in [0.05, 0.1) is 6.07 Å². The number of nitrogens with zero attached hydrogens (tertiary/aromatic N) is 2. The topological polar surface area (TPSA) is 112 Å². The number of hydrogen-bond acceptors (Lipinski definition) is 6. The van der Waals surface area contributed by atoms with Crippen LogP contribution in [0.25, 0.3) is 0 Å². The van der Waals surface area contributed by atoms with Gasteiger partial charge in [-0.25, -0.2) is 4.79 Å². The van der Waals surface area contributed by atoms with E-state index in [0.29, 0.717) is 5.56 Å². The Hall–Kier alpha value is -2.73. The Morgan fingerprint density at radius 1 is 1.16 bits per heavy atom. The summed E-state index contributed by atoms with van der Waals surface area (Å²) in [5, 5.41) is 14.8. The second kappa shape index (κ2) is 11.2. The zero-order valence-electron chi connectivity index (χ0n) is 19.9. The van der Waals surface area contributed by atoms with Crippen molar-refractivity contribution in [1.82, 2.24) is 15.5 Å².